The van der Waals surface area contributed by atoms with Gasteiger partial charge in [-0.2, -0.15) is 4.31 Å². The molecule has 182 valence electrons. The fourth-order valence-electron chi connectivity index (χ4n) is 4.68. The molecule has 8 nitrogen and oxygen atoms in total. The van der Waals surface area contributed by atoms with E-state index in [0.717, 1.165) is 30.4 Å². The number of carbonyl (C=O) groups excluding carboxylic acids is 2. The van der Waals surface area contributed by atoms with Gasteiger partial charge in [0.05, 0.1) is 12.0 Å². The van der Waals surface area contributed by atoms with Gasteiger partial charge in [-0.05, 0) is 56.0 Å². The van der Waals surface area contributed by atoms with Crippen molar-refractivity contribution in [2.45, 2.75) is 56.5 Å². The number of methoxy groups -OCH3 is 1. The summed E-state index contributed by atoms with van der Waals surface area (Å²) in [6.07, 6.45) is 3.44. The number of piperidine rings is 1. The van der Waals surface area contributed by atoms with Crippen LogP contribution in [0.4, 0.5) is 5.69 Å². The third kappa shape index (κ3) is 4.95. The maximum absolute atomic E-state index is 13.3. The van der Waals surface area contributed by atoms with Crippen LogP contribution >= 0.6 is 0 Å². The minimum atomic E-state index is -3.61. The van der Waals surface area contributed by atoms with E-state index in [1.165, 1.54) is 4.90 Å². The number of anilines is 1. The zero-order valence-corrected chi connectivity index (χ0v) is 20.4. The van der Waals surface area contributed by atoms with Crippen molar-refractivity contribution in [2.24, 2.45) is 0 Å². The number of amides is 2. The Hall–Kier alpha value is -2.91. The molecule has 0 bridgehead atoms. The van der Waals surface area contributed by atoms with Crippen LogP contribution in [0.1, 0.15) is 43.7 Å². The van der Waals surface area contributed by atoms with Crippen molar-refractivity contribution in [3.8, 4) is 5.75 Å². The molecule has 0 saturated carbocycles. The smallest absolute Gasteiger partial charge is 0.243 e. The molecule has 2 heterocycles. The van der Waals surface area contributed by atoms with Crippen molar-refractivity contribution in [2.75, 3.05) is 25.1 Å². The third-order valence-electron chi connectivity index (χ3n) is 6.57. The number of nitrogens with zero attached hydrogens (tertiary/aromatic N) is 2. The van der Waals surface area contributed by atoms with Crippen LogP contribution in [0.25, 0.3) is 0 Å². The van der Waals surface area contributed by atoms with Gasteiger partial charge >= 0.3 is 0 Å². The van der Waals surface area contributed by atoms with Crippen molar-refractivity contribution in [3.05, 3.63) is 53.6 Å². The van der Waals surface area contributed by atoms with Crippen molar-refractivity contribution in [1.82, 2.24) is 9.62 Å². The van der Waals surface area contributed by atoms with E-state index in [4.69, 9.17) is 4.74 Å². The van der Waals surface area contributed by atoms with Crippen LogP contribution in [0, 0.1) is 0 Å². The van der Waals surface area contributed by atoms with E-state index in [0.29, 0.717) is 24.4 Å². The second-order valence-corrected chi connectivity index (χ2v) is 10.7. The Kier molecular flexibility index (Phi) is 7.23. The lowest BCUT2D eigenvalue weighted by molar-refractivity contribution is -0.124. The number of sulfonamides is 1. The molecular formula is C25H31N3O5S. The van der Waals surface area contributed by atoms with Crippen molar-refractivity contribution < 1.29 is 22.7 Å². The number of hydrogen-bond donors (Lipinski definition) is 1. The van der Waals surface area contributed by atoms with Crippen LogP contribution in [0.2, 0.25) is 0 Å². The van der Waals surface area contributed by atoms with Gasteiger partial charge in [0.2, 0.25) is 21.8 Å². The average Bonchev–Trinajstić information content (AvgIpc) is 2.84. The molecule has 34 heavy (non-hydrogen) atoms. The molecule has 2 aliphatic rings. The summed E-state index contributed by atoms with van der Waals surface area (Å²) in [7, 11) is -2.03. The number of rotatable bonds is 7. The number of nitrogens with one attached hydrogen (secondary N) is 1. The lowest BCUT2D eigenvalue weighted by Gasteiger charge is -2.33. The fourth-order valence-corrected chi connectivity index (χ4v) is 6.43. The highest BCUT2D eigenvalue weighted by Crippen LogP contribution is 2.32. The summed E-state index contributed by atoms with van der Waals surface area (Å²) in [5, 5.41) is 2.84. The van der Waals surface area contributed by atoms with Crippen LogP contribution < -0.4 is 15.0 Å². The molecule has 9 heteroatoms. The lowest BCUT2D eigenvalue weighted by Crippen LogP contribution is -2.43. The monoisotopic (exact) mass is 485 g/mol. The number of carbonyl (C=O) groups is 2. The molecule has 1 atom stereocenters. The van der Waals surface area contributed by atoms with Crippen LogP contribution in [0.15, 0.2) is 47.4 Å². The van der Waals surface area contributed by atoms with E-state index in [1.54, 1.807) is 29.6 Å². The molecule has 0 radical (unpaired) electrons. The third-order valence-corrected chi connectivity index (χ3v) is 8.58. The predicted octanol–water partition coefficient (Wildman–Crippen LogP) is 2.85. The Morgan fingerprint density at radius 1 is 1.15 bits per heavy atom. The maximum Gasteiger partial charge on any atom is 0.243 e. The first kappa shape index (κ1) is 24.2. The van der Waals surface area contributed by atoms with Gasteiger partial charge in [0.25, 0.3) is 0 Å². The summed E-state index contributed by atoms with van der Waals surface area (Å²) in [4.78, 5) is 27.0. The minimum Gasteiger partial charge on any atom is -0.496 e. The van der Waals surface area contributed by atoms with Gasteiger partial charge < -0.3 is 15.0 Å². The zero-order chi connectivity index (χ0) is 24.3. The maximum atomic E-state index is 13.3. The Balaban J connectivity index is 1.49. The van der Waals surface area contributed by atoms with E-state index in [1.807, 2.05) is 31.2 Å². The summed E-state index contributed by atoms with van der Waals surface area (Å²) in [6.45, 7) is 2.62. The van der Waals surface area contributed by atoms with Crippen molar-refractivity contribution >= 4 is 27.5 Å². The SMILES string of the molecule is COc1ccccc1CNC(=O)CN1C(=O)CCc2cc(S(=O)(=O)N3CCCCC3C)ccc21. The summed E-state index contributed by atoms with van der Waals surface area (Å²) >= 11 is 0. The molecule has 2 amide bonds. The highest BCUT2D eigenvalue weighted by molar-refractivity contribution is 7.89. The first-order valence-electron chi connectivity index (χ1n) is 11.6. The number of para-hydroxylation sites is 1. The molecule has 2 aromatic carbocycles. The number of hydrogen-bond acceptors (Lipinski definition) is 5. The predicted molar refractivity (Wildman–Crippen MR) is 129 cm³/mol. The Morgan fingerprint density at radius 3 is 2.71 bits per heavy atom. The molecule has 0 aliphatic carbocycles. The summed E-state index contributed by atoms with van der Waals surface area (Å²) in [5.74, 6) is 0.227. The minimum absolute atomic E-state index is 0.0280. The van der Waals surface area contributed by atoms with Gasteiger partial charge in [-0.1, -0.05) is 24.6 Å². The van der Waals surface area contributed by atoms with E-state index in [9.17, 15) is 18.0 Å². The molecule has 1 N–H and O–H groups in total. The molecule has 4 rings (SSSR count). The lowest BCUT2D eigenvalue weighted by atomic mass is 10.0. The van der Waals surface area contributed by atoms with Gasteiger partial charge in [0.15, 0.2) is 0 Å². The van der Waals surface area contributed by atoms with Gasteiger partial charge in [-0.25, -0.2) is 8.42 Å². The van der Waals surface area contributed by atoms with Crippen LogP contribution in [0.5, 0.6) is 5.75 Å². The number of fused-ring (bicyclic) bond motifs is 1. The van der Waals surface area contributed by atoms with Crippen LogP contribution in [-0.2, 0) is 32.6 Å². The molecule has 1 unspecified atom stereocenters. The first-order chi connectivity index (χ1) is 16.3. The summed E-state index contributed by atoms with van der Waals surface area (Å²) in [6, 6.07) is 12.2. The Labute approximate surface area is 200 Å². The largest absolute Gasteiger partial charge is 0.496 e. The van der Waals surface area contributed by atoms with Gasteiger partial charge in [-0.15, -0.1) is 0 Å². The summed E-state index contributed by atoms with van der Waals surface area (Å²) < 4.78 is 33.4. The highest BCUT2D eigenvalue weighted by Gasteiger charge is 2.33. The highest BCUT2D eigenvalue weighted by atomic mass is 32.2. The second kappa shape index (κ2) is 10.1. The normalized spacial score (nSPS) is 18.9. The van der Waals surface area contributed by atoms with Crippen LogP contribution in [0.3, 0.4) is 0 Å². The molecule has 1 fully saturated rings. The van der Waals surface area contributed by atoms with Crippen LogP contribution in [-0.4, -0.2) is 50.8 Å². The van der Waals surface area contributed by atoms with E-state index in [-0.39, 0.29) is 42.3 Å². The zero-order valence-electron chi connectivity index (χ0n) is 19.6. The van der Waals surface area contributed by atoms with E-state index in [2.05, 4.69) is 5.32 Å². The molecule has 2 aromatic rings. The second-order valence-electron chi connectivity index (χ2n) is 8.82. The van der Waals surface area contributed by atoms with Gasteiger partial charge in [0, 0.05) is 36.8 Å². The van der Waals surface area contributed by atoms with E-state index < -0.39 is 10.0 Å². The molecule has 0 aromatic heterocycles. The topological polar surface area (TPSA) is 96.0 Å². The van der Waals surface area contributed by atoms with Gasteiger partial charge in [-0.3, -0.25) is 9.59 Å². The molecular weight excluding hydrogens is 454 g/mol. The van der Waals surface area contributed by atoms with Gasteiger partial charge in [0.1, 0.15) is 12.3 Å². The first-order valence-corrected chi connectivity index (χ1v) is 13.1. The standard InChI is InChI=1S/C25H31N3O5S/c1-18-7-5-6-14-28(18)34(31,32)21-11-12-22-19(15-21)10-13-25(30)27(22)17-24(29)26-16-20-8-3-4-9-23(20)33-2/h3-4,8-9,11-12,15,18H,5-7,10,13-14,16-17H2,1-2H3,(H,26,29). The number of benzene rings is 2. The fraction of sp³-hybridized carbons (Fsp3) is 0.440. The quantitative estimate of drug-likeness (QED) is 0.651. The van der Waals surface area contributed by atoms with E-state index >= 15 is 0 Å². The summed E-state index contributed by atoms with van der Waals surface area (Å²) in [5.41, 5.74) is 2.20. The molecule has 1 saturated heterocycles. The Bertz CT molecular complexity index is 1180. The van der Waals surface area contributed by atoms with Crippen molar-refractivity contribution in [1.29, 1.82) is 0 Å². The number of aryl methyl sites for hydroxylation is 1. The Morgan fingerprint density at radius 2 is 1.94 bits per heavy atom. The number of ether oxygens (including phenoxy) is 1. The molecule has 0 spiro atoms. The molecule has 2 aliphatic heterocycles. The van der Waals surface area contributed by atoms with Crippen molar-refractivity contribution in [3.63, 3.8) is 0 Å². The average molecular weight is 486 g/mol.